The molecule has 1 aromatic heterocycles. The first-order valence-corrected chi connectivity index (χ1v) is 6.54. The summed E-state index contributed by atoms with van der Waals surface area (Å²) >= 11 is 0.742. The van der Waals surface area contributed by atoms with Gasteiger partial charge in [-0.05, 0) is 17.5 Å². The molecule has 1 atom stereocenters. The lowest BCUT2D eigenvalue weighted by Crippen LogP contribution is -2.24. The van der Waals surface area contributed by atoms with Crippen molar-refractivity contribution in [3.05, 3.63) is 41.2 Å². The molecule has 0 fully saturated rings. The first-order chi connectivity index (χ1) is 9.04. The maximum absolute atomic E-state index is 12.3. The van der Waals surface area contributed by atoms with Gasteiger partial charge in [-0.1, -0.05) is 24.3 Å². The van der Waals surface area contributed by atoms with Crippen molar-refractivity contribution in [3.8, 4) is 0 Å². The Morgan fingerprint density at radius 3 is 2.79 bits per heavy atom. The van der Waals surface area contributed by atoms with E-state index in [1.807, 2.05) is 18.2 Å². The molecule has 1 aliphatic carbocycles. The Kier molecular flexibility index (Phi) is 2.93. The zero-order chi connectivity index (χ0) is 13.5. The van der Waals surface area contributed by atoms with Crippen molar-refractivity contribution in [2.24, 2.45) is 0 Å². The van der Waals surface area contributed by atoms with Crippen LogP contribution < -0.4 is 5.32 Å². The Morgan fingerprint density at radius 1 is 1.32 bits per heavy atom. The Labute approximate surface area is 111 Å². The van der Waals surface area contributed by atoms with Crippen molar-refractivity contribution >= 4 is 16.7 Å². The predicted octanol–water partition coefficient (Wildman–Crippen LogP) is 3.31. The Balaban J connectivity index is 1.61. The van der Waals surface area contributed by atoms with Crippen LogP contribution in [0.5, 0.6) is 0 Å². The average molecular weight is 285 g/mol. The van der Waals surface area contributed by atoms with Gasteiger partial charge in [0.1, 0.15) is 0 Å². The minimum Gasteiger partial charge on any atom is -0.360 e. The highest BCUT2D eigenvalue weighted by molar-refractivity contribution is 7.09. The van der Waals surface area contributed by atoms with Crippen molar-refractivity contribution in [1.82, 2.24) is 9.36 Å². The molecule has 7 heteroatoms. The highest BCUT2D eigenvalue weighted by Crippen LogP contribution is 2.35. The maximum atomic E-state index is 12.3. The number of halogens is 3. The van der Waals surface area contributed by atoms with Gasteiger partial charge >= 0.3 is 6.18 Å². The molecule has 1 aromatic carbocycles. The average Bonchev–Trinajstić information content (AvgIpc) is 2.79. The van der Waals surface area contributed by atoms with Crippen LogP contribution in [0.4, 0.5) is 18.3 Å². The number of nitrogens with one attached hydrogen (secondary N) is 1. The third-order valence-corrected chi connectivity index (χ3v) is 3.81. The van der Waals surface area contributed by atoms with E-state index in [-0.39, 0.29) is 5.13 Å². The Bertz CT molecular complexity index is 594. The van der Waals surface area contributed by atoms with Crippen molar-refractivity contribution in [3.63, 3.8) is 0 Å². The molecule has 3 nitrogen and oxygen atoms in total. The van der Waals surface area contributed by atoms with Gasteiger partial charge in [-0.2, -0.15) is 22.5 Å². The zero-order valence-corrected chi connectivity index (χ0v) is 10.6. The molecule has 1 N–H and O–H groups in total. The van der Waals surface area contributed by atoms with Crippen LogP contribution in [0.3, 0.4) is 0 Å². The molecule has 19 heavy (non-hydrogen) atoms. The molecule has 0 radical (unpaired) electrons. The van der Waals surface area contributed by atoms with E-state index in [2.05, 4.69) is 20.7 Å². The second kappa shape index (κ2) is 4.48. The minimum absolute atomic E-state index is 0.219. The van der Waals surface area contributed by atoms with E-state index in [4.69, 9.17) is 0 Å². The summed E-state index contributed by atoms with van der Waals surface area (Å²) in [5.74, 6) is -0.733. The second-order valence-corrected chi connectivity index (χ2v) is 5.15. The minimum atomic E-state index is -4.47. The molecule has 1 heterocycles. The van der Waals surface area contributed by atoms with Crippen molar-refractivity contribution in [2.45, 2.75) is 18.5 Å². The molecule has 0 saturated carbocycles. The fourth-order valence-electron chi connectivity index (χ4n) is 2.17. The highest BCUT2D eigenvalue weighted by atomic mass is 32.1. The molecule has 3 rings (SSSR count). The van der Waals surface area contributed by atoms with E-state index in [0.29, 0.717) is 12.5 Å². The van der Waals surface area contributed by atoms with Crippen LogP contribution in [0.15, 0.2) is 24.3 Å². The van der Waals surface area contributed by atoms with Crippen LogP contribution in [-0.2, 0) is 12.6 Å². The monoisotopic (exact) mass is 285 g/mol. The first kappa shape index (κ1) is 12.4. The summed E-state index contributed by atoms with van der Waals surface area (Å²) in [5.41, 5.74) is 2.57. The van der Waals surface area contributed by atoms with Gasteiger partial charge < -0.3 is 5.32 Å². The zero-order valence-electron chi connectivity index (χ0n) is 9.74. The Hall–Kier alpha value is -1.63. The van der Waals surface area contributed by atoms with E-state index >= 15 is 0 Å². The molecule has 0 amide bonds. The molecule has 2 aromatic rings. The smallest absolute Gasteiger partial charge is 0.360 e. The largest absolute Gasteiger partial charge is 0.452 e. The highest BCUT2D eigenvalue weighted by Gasteiger charge is 2.36. The number of anilines is 1. The topological polar surface area (TPSA) is 37.8 Å². The predicted molar refractivity (Wildman–Crippen MR) is 66.3 cm³/mol. The molecule has 0 spiro atoms. The number of rotatable bonds is 3. The summed E-state index contributed by atoms with van der Waals surface area (Å²) in [7, 11) is 0. The summed E-state index contributed by atoms with van der Waals surface area (Å²) in [6, 6.07) is 8.07. The summed E-state index contributed by atoms with van der Waals surface area (Å²) in [4.78, 5) is 3.44. The Morgan fingerprint density at radius 2 is 2.11 bits per heavy atom. The number of alkyl halides is 3. The van der Waals surface area contributed by atoms with Gasteiger partial charge in [-0.25, -0.2) is 0 Å². The lowest BCUT2D eigenvalue weighted by Gasteiger charge is -2.29. The molecule has 0 aliphatic heterocycles. The standard InChI is InChI=1S/C12H10F3N3S/c13-12(14,15)10-17-11(19-18-10)16-6-8-5-7-3-1-2-4-9(7)8/h1-4,8H,5-6H2,(H,16,17,18). The summed E-state index contributed by atoms with van der Waals surface area (Å²) in [5, 5.41) is 3.14. The van der Waals surface area contributed by atoms with Gasteiger partial charge in [0.05, 0.1) is 0 Å². The third-order valence-electron chi connectivity index (χ3n) is 3.14. The molecular weight excluding hydrogens is 275 g/mol. The summed E-state index contributed by atoms with van der Waals surface area (Å²) in [6.07, 6.45) is -3.52. The fraction of sp³-hybridized carbons (Fsp3) is 0.333. The van der Waals surface area contributed by atoms with Crippen molar-refractivity contribution in [2.75, 3.05) is 11.9 Å². The lowest BCUT2D eigenvalue weighted by molar-refractivity contribution is -0.144. The van der Waals surface area contributed by atoms with Gasteiger partial charge in [0.15, 0.2) is 0 Å². The van der Waals surface area contributed by atoms with E-state index < -0.39 is 12.0 Å². The first-order valence-electron chi connectivity index (χ1n) is 5.76. The second-order valence-electron chi connectivity index (χ2n) is 4.40. The van der Waals surface area contributed by atoms with E-state index in [1.54, 1.807) is 0 Å². The van der Waals surface area contributed by atoms with Crippen LogP contribution in [-0.4, -0.2) is 15.9 Å². The van der Waals surface area contributed by atoms with Gasteiger partial charge in [-0.3, -0.25) is 0 Å². The van der Waals surface area contributed by atoms with Gasteiger partial charge in [-0.15, -0.1) is 0 Å². The van der Waals surface area contributed by atoms with E-state index in [9.17, 15) is 13.2 Å². The maximum Gasteiger partial charge on any atom is 0.452 e. The van der Waals surface area contributed by atoms with E-state index in [0.717, 1.165) is 18.0 Å². The molecular formula is C12H10F3N3S. The van der Waals surface area contributed by atoms with Crippen LogP contribution >= 0.6 is 11.5 Å². The number of fused-ring (bicyclic) bond motifs is 1. The number of aromatic nitrogens is 2. The molecule has 0 saturated heterocycles. The van der Waals surface area contributed by atoms with Crippen LogP contribution in [0, 0.1) is 0 Å². The number of hydrogen-bond donors (Lipinski definition) is 1. The van der Waals surface area contributed by atoms with Crippen molar-refractivity contribution < 1.29 is 13.2 Å². The van der Waals surface area contributed by atoms with Crippen molar-refractivity contribution in [1.29, 1.82) is 0 Å². The van der Waals surface area contributed by atoms with E-state index in [1.165, 1.54) is 11.1 Å². The molecule has 0 bridgehead atoms. The summed E-state index contributed by atoms with van der Waals surface area (Å²) in [6.45, 7) is 0.587. The fourth-order valence-corrected chi connectivity index (χ4v) is 2.76. The third kappa shape index (κ3) is 2.42. The molecule has 100 valence electrons. The van der Waals surface area contributed by atoms with Crippen LogP contribution in [0.25, 0.3) is 0 Å². The van der Waals surface area contributed by atoms with Gasteiger partial charge in [0.25, 0.3) is 0 Å². The van der Waals surface area contributed by atoms with Gasteiger partial charge in [0.2, 0.25) is 11.0 Å². The van der Waals surface area contributed by atoms with Crippen LogP contribution in [0.1, 0.15) is 22.9 Å². The molecule has 1 unspecified atom stereocenters. The summed E-state index contributed by atoms with van der Waals surface area (Å²) < 4.78 is 40.3. The number of nitrogens with zero attached hydrogens (tertiary/aromatic N) is 2. The SMILES string of the molecule is FC(F)(F)c1nsc(NCC2Cc3ccccc32)n1. The van der Waals surface area contributed by atoms with Crippen LogP contribution in [0.2, 0.25) is 0 Å². The quantitative estimate of drug-likeness (QED) is 0.940. The molecule has 1 aliphatic rings. The number of hydrogen-bond acceptors (Lipinski definition) is 4. The normalized spacial score (nSPS) is 17.7. The van der Waals surface area contributed by atoms with Gasteiger partial charge in [0, 0.05) is 24.0 Å². The lowest BCUT2D eigenvalue weighted by atomic mass is 9.78. The number of benzene rings is 1.